The fraction of sp³-hybridized carbons (Fsp3) is 0.438. The number of carbonyl (C=O) groups is 2. The number of benzene rings is 2. The van der Waals surface area contributed by atoms with Gasteiger partial charge in [-0.15, -0.1) is 11.3 Å². The zero-order valence-corrected chi connectivity index (χ0v) is 23.3. The van der Waals surface area contributed by atoms with Crippen molar-refractivity contribution >= 4 is 23.2 Å². The molecule has 2 amide bonds. The van der Waals surface area contributed by atoms with E-state index in [1.54, 1.807) is 16.2 Å². The number of carbonyl (C=O) groups excluding carboxylic acids is 2. The molecule has 196 valence electrons. The minimum Gasteiger partial charge on any atom is -0.330 e. The van der Waals surface area contributed by atoms with Crippen molar-refractivity contribution in [2.24, 2.45) is 0 Å². The zero-order valence-electron chi connectivity index (χ0n) is 22.5. The molecular formula is C32H40N2O2S. The molecule has 1 aromatic heterocycles. The van der Waals surface area contributed by atoms with Gasteiger partial charge in [0.05, 0.1) is 6.04 Å². The van der Waals surface area contributed by atoms with Crippen molar-refractivity contribution in [3.63, 3.8) is 0 Å². The summed E-state index contributed by atoms with van der Waals surface area (Å²) < 4.78 is 0. The van der Waals surface area contributed by atoms with E-state index in [1.807, 2.05) is 42.2 Å². The maximum Gasteiger partial charge on any atom is 0.254 e. The van der Waals surface area contributed by atoms with Gasteiger partial charge in [0.2, 0.25) is 5.91 Å². The first-order chi connectivity index (χ1) is 18.0. The Kier molecular flexibility index (Phi) is 9.56. The van der Waals surface area contributed by atoms with E-state index in [4.69, 9.17) is 0 Å². The number of rotatable bonds is 11. The summed E-state index contributed by atoms with van der Waals surface area (Å²) in [6.07, 6.45) is 7.63. The summed E-state index contributed by atoms with van der Waals surface area (Å²) in [5, 5.41) is 2.12. The molecule has 1 aliphatic heterocycles. The van der Waals surface area contributed by atoms with Crippen LogP contribution in [0.2, 0.25) is 0 Å². The molecule has 4 rings (SSSR count). The van der Waals surface area contributed by atoms with Crippen LogP contribution in [0.4, 0.5) is 0 Å². The van der Waals surface area contributed by atoms with Gasteiger partial charge < -0.3 is 9.80 Å². The normalized spacial score (nSPS) is 15.8. The maximum atomic E-state index is 13.8. The smallest absolute Gasteiger partial charge is 0.254 e. The molecule has 0 saturated heterocycles. The number of unbranched alkanes of at least 4 members (excludes halogenated alkanes) is 3. The van der Waals surface area contributed by atoms with Crippen molar-refractivity contribution in [2.45, 2.75) is 77.8 Å². The average molecular weight is 517 g/mol. The van der Waals surface area contributed by atoms with E-state index in [1.165, 1.54) is 41.7 Å². The van der Waals surface area contributed by atoms with Crippen LogP contribution in [-0.2, 0) is 17.6 Å². The van der Waals surface area contributed by atoms with Crippen LogP contribution >= 0.6 is 11.3 Å². The van der Waals surface area contributed by atoms with E-state index in [-0.39, 0.29) is 30.4 Å². The fourth-order valence-electron chi connectivity index (χ4n) is 5.20. The highest BCUT2D eigenvalue weighted by Crippen LogP contribution is 2.37. The Hall–Kier alpha value is -2.92. The first-order valence-corrected chi connectivity index (χ1v) is 14.7. The Morgan fingerprint density at radius 2 is 1.76 bits per heavy atom. The minimum absolute atomic E-state index is 0.00639. The summed E-state index contributed by atoms with van der Waals surface area (Å²) >= 11 is 1.77. The number of thiophene rings is 1. The third-order valence-corrected chi connectivity index (χ3v) is 8.61. The van der Waals surface area contributed by atoms with Crippen LogP contribution in [0, 0.1) is 0 Å². The van der Waals surface area contributed by atoms with Crippen molar-refractivity contribution < 1.29 is 9.59 Å². The van der Waals surface area contributed by atoms with E-state index in [2.05, 4.69) is 49.6 Å². The summed E-state index contributed by atoms with van der Waals surface area (Å²) in [6, 6.07) is 20.3. The van der Waals surface area contributed by atoms with Crippen molar-refractivity contribution in [3.05, 3.63) is 93.2 Å². The van der Waals surface area contributed by atoms with Crippen LogP contribution in [0.25, 0.3) is 0 Å². The highest BCUT2D eigenvalue weighted by molar-refractivity contribution is 7.10. The molecule has 2 heterocycles. The Morgan fingerprint density at radius 3 is 2.46 bits per heavy atom. The molecule has 0 spiro atoms. The highest BCUT2D eigenvalue weighted by atomic mass is 32.1. The van der Waals surface area contributed by atoms with Gasteiger partial charge in [-0.1, -0.05) is 75.6 Å². The van der Waals surface area contributed by atoms with Gasteiger partial charge in [0.15, 0.2) is 0 Å². The quantitative estimate of drug-likeness (QED) is 0.251. The average Bonchev–Trinajstić information content (AvgIpc) is 3.42. The molecule has 0 N–H and O–H groups in total. The topological polar surface area (TPSA) is 40.6 Å². The number of hydrogen-bond donors (Lipinski definition) is 0. The molecule has 1 aliphatic rings. The molecule has 3 aromatic rings. The standard InChI is InChI=1S/C32H40N2O2S/c1-4-6-7-9-12-25-15-17-27(18-16-25)32(36)34(24(3)5-2)23-30(35)33-21-19-29-28(20-22-37-29)31(33)26-13-10-8-11-14-26/h8,10-11,13-18,20,22,24,31H,4-7,9,12,19,21,23H2,1-3H3/t24-,31-/m1/s1. The second kappa shape index (κ2) is 13.0. The van der Waals surface area contributed by atoms with Crippen molar-refractivity contribution in [1.29, 1.82) is 0 Å². The summed E-state index contributed by atoms with van der Waals surface area (Å²) in [4.78, 5) is 32.6. The first-order valence-electron chi connectivity index (χ1n) is 13.8. The van der Waals surface area contributed by atoms with E-state index in [0.717, 1.165) is 24.8 Å². The predicted molar refractivity (Wildman–Crippen MR) is 153 cm³/mol. The lowest BCUT2D eigenvalue weighted by molar-refractivity contribution is -0.134. The van der Waals surface area contributed by atoms with Gasteiger partial charge in [0, 0.05) is 23.0 Å². The lowest BCUT2D eigenvalue weighted by atomic mass is 9.93. The number of hydrogen-bond acceptors (Lipinski definition) is 3. The Bertz CT molecular complexity index is 1160. The number of amides is 2. The predicted octanol–water partition coefficient (Wildman–Crippen LogP) is 7.29. The van der Waals surface area contributed by atoms with E-state index in [9.17, 15) is 9.59 Å². The van der Waals surface area contributed by atoms with Gasteiger partial charge in [-0.2, -0.15) is 0 Å². The number of nitrogens with zero attached hydrogens (tertiary/aromatic N) is 2. The lowest BCUT2D eigenvalue weighted by Gasteiger charge is -2.38. The monoisotopic (exact) mass is 516 g/mol. The Labute approximate surface area is 226 Å². The van der Waals surface area contributed by atoms with Crippen LogP contribution in [0.1, 0.15) is 90.8 Å². The Balaban J connectivity index is 1.51. The summed E-state index contributed by atoms with van der Waals surface area (Å²) in [6.45, 7) is 7.09. The third-order valence-electron chi connectivity index (χ3n) is 7.61. The van der Waals surface area contributed by atoms with Crippen molar-refractivity contribution in [3.8, 4) is 0 Å². The van der Waals surface area contributed by atoms with Crippen LogP contribution in [0.3, 0.4) is 0 Å². The lowest BCUT2D eigenvalue weighted by Crippen LogP contribution is -2.49. The van der Waals surface area contributed by atoms with Crippen LogP contribution in [0.5, 0.6) is 0 Å². The van der Waals surface area contributed by atoms with E-state index >= 15 is 0 Å². The van der Waals surface area contributed by atoms with Crippen LogP contribution in [0.15, 0.2) is 66.0 Å². The summed E-state index contributed by atoms with van der Waals surface area (Å²) in [5.74, 6) is -0.0587. The van der Waals surface area contributed by atoms with E-state index < -0.39 is 0 Å². The van der Waals surface area contributed by atoms with Gasteiger partial charge in [-0.3, -0.25) is 9.59 Å². The van der Waals surface area contributed by atoms with Gasteiger partial charge in [0.25, 0.3) is 5.91 Å². The maximum absolute atomic E-state index is 13.8. The molecule has 5 heteroatoms. The number of aryl methyl sites for hydroxylation is 1. The molecular weight excluding hydrogens is 476 g/mol. The van der Waals surface area contributed by atoms with Gasteiger partial charge in [0.1, 0.15) is 6.54 Å². The molecule has 0 bridgehead atoms. The second-order valence-electron chi connectivity index (χ2n) is 10.1. The molecule has 0 fully saturated rings. The van der Waals surface area contributed by atoms with Crippen molar-refractivity contribution in [2.75, 3.05) is 13.1 Å². The Morgan fingerprint density at radius 1 is 1.00 bits per heavy atom. The minimum atomic E-state index is -0.107. The van der Waals surface area contributed by atoms with Crippen LogP contribution in [-0.4, -0.2) is 40.7 Å². The molecule has 0 saturated carbocycles. The molecule has 4 nitrogen and oxygen atoms in total. The molecule has 0 aliphatic carbocycles. The molecule has 0 radical (unpaired) electrons. The second-order valence-corrected chi connectivity index (χ2v) is 11.1. The SMILES string of the molecule is CCCCCCc1ccc(C(=O)N(CC(=O)N2CCc3sccc3[C@H]2c2ccccc2)[C@H](C)CC)cc1. The fourth-order valence-corrected chi connectivity index (χ4v) is 6.10. The molecule has 2 atom stereocenters. The van der Waals surface area contributed by atoms with Crippen LogP contribution < -0.4 is 0 Å². The van der Waals surface area contributed by atoms with Gasteiger partial charge >= 0.3 is 0 Å². The number of fused-ring (bicyclic) bond motifs is 1. The highest BCUT2D eigenvalue weighted by Gasteiger charge is 2.34. The molecule has 2 aromatic carbocycles. The first kappa shape index (κ1) is 27.1. The summed E-state index contributed by atoms with van der Waals surface area (Å²) in [5.41, 5.74) is 4.26. The molecule has 37 heavy (non-hydrogen) atoms. The zero-order chi connectivity index (χ0) is 26.2. The summed E-state index contributed by atoms with van der Waals surface area (Å²) in [7, 11) is 0. The van der Waals surface area contributed by atoms with Gasteiger partial charge in [-0.05, 0) is 72.9 Å². The largest absolute Gasteiger partial charge is 0.330 e. The third kappa shape index (κ3) is 6.51. The van der Waals surface area contributed by atoms with Crippen molar-refractivity contribution in [1.82, 2.24) is 9.80 Å². The molecule has 0 unspecified atom stereocenters. The van der Waals surface area contributed by atoms with E-state index in [0.29, 0.717) is 12.1 Å². The van der Waals surface area contributed by atoms with Gasteiger partial charge in [-0.25, -0.2) is 0 Å².